The summed E-state index contributed by atoms with van der Waals surface area (Å²) in [6.07, 6.45) is 1.50. The molecule has 1 amide bonds. The maximum Gasteiger partial charge on any atom is 0.266 e. The fourth-order valence-electron chi connectivity index (χ4n) is 3.73. The average Bonchev–Trinajstić information content (AvgIpc) is 2.88. The minimum atomic E-state index is -0.537. The highest BCUT2D eigenvalue weighted by molar-refractivity contribution is 9.10. The fourth-order valence-corrected chi connectivity index (χ4v) is 4.34. The Labute approximate surface area is 223 Å². The summed E-state index contributed by atoms with van der Waals surface area (Å²) in [4.78, 5) is 12.8. The molecular weight excluding hydrogens is 540 g/mol. The maximum absolute atomic E-state index is 12.8. The van der Waals surface area contributed by atoms with Crippen LogP contribution in [0.1, 0.15) is 16.7 Å². The van der Waals surface area contributed by atoms with Crippen molar-refractivity contribution in [1.82, 2.24) is 0 Å². The average molecular weight is 562 g/mol. The van der Waals surface area contributed by atoms with Gasteiger partial charge in [-0.25, -0.2) is 0 Å². The zero-order valence-electron chi connectivity index (χ0n) is 19.6. The summed E-state index contributed by atoms with van der Waals surface area (Å²) in [6, 6.07) is 24.9. The molecule has 0 aromatic heterocycles. The smallest absolute Gasteiger partial charge is 0.266 e. The van der Waals surface area contributed by atoms with Crippen LogP contribution in [-0.2, 0) is 11.4 Å². The van der Waals surface area contributed by atoms with Gasteiger partial charge in [-0.15, -0.1) is 0 Å². The van der Waals surface area contributed by atoms with Gasteiger partial charge in [-0.1, -0.05) is 76.1 Å². The first-order valence-electron chi connectivity index (χ1n) is 11.1. The molecule has 0 fully saturated rings. The number of nitrogens with zero attached hydrogens (tertiary/aromatic N) is 1. The predicted molar refractivity (Wildman–Crippen MR) is 147 cm³/mol. The van der Waals surface area contributed by atoms with Gasteiger partial charge >= 0.3 is 0 Å². The van der Waals surface area contributed by atoms with Crippen LogP contribution in [0.25, 0.3) is 16.8 Å². The van der Waals surface area contributed by atoms with Crippen molar-refractivity contribution in [3.05, 3.63) is 105 Å². The number of amides is 1. The minimum Gasteiger partial charge on any atom is -0.493 e. The van der Waals surface area contributed by atoms with Crippen LogP contribution in [0.4, 0.5) is 5.69 Å². The van der Waals surface area contributed by atoms with Crippen LogP contribution in [0.15, 0.2) is 82.8 Å². The molecule has 7 heteroatoms. The van der Waals surface area contributed by atoms with Crippen molar-refractivity contribution >= 4 is 56.0 Å². The molecule has 0 aliphatic carbocycles. The fraction of sp³-hybridized carbons (Fsp3) is 0.103. The first-order valence-corrected chi connectivity index (χ1v) is 12.2. The number of anilines is 1. The van der Waals surface area contributed by atoms with Crippen molar-refractivity contribution in [2.24, 2.45) is 0 Å². The predicted octanol–water partition coefficient (Wildman–Crippen LogP) is 7.70. The summed E-state index contributed by atoms with van der Waals surface area (Å²) in [7, 11) is 1.54. The van der Waals surface area contributed by atoms with Gasteiger partial charge in [0.1, 0.15) is 18.2 Å². The van der Waals surface area contributed by atoms with E-state index in [-0.39, 0.29) is 5.57 Å². The van der Waals surface area contributed by atoms with E-state index >= 15 is 0 Å². The van der Waals surface area contributed by atoms with E-state index in [9.17, 15) is 10.1 Å². The first kappa shape index (κ1) is 25.3. The molecule has 0 radical (unpaired) electrons. The molecule has 4 aromatic carbocycles. The van der Waals surface area contributed by atoms with Gasteiger partial charge in [0.2, 0.25) is 0 Å². The Morgan fingerprint density at radius 3 is 2.64 bits per heavy atom. The third kappa shape index (κ3) is 5.71. The molecule has 1 N–H and O–H groups in total. The second-order valence-electron chi connectivity index (χ2n) is 8.03. The van der Waals surface area contributed by atoms with Crippen molar-refractivity contribution < 1.29 is 14.3 Å². The number of aryl methyl sites for hydroxylation is 1. The summed E-state index contributed by atoms with van der Waals surface area (Å²) < 4.78 is 12.3. The Morgan fingerprint density at radius 2 is 1.86 bits per heavy atom. The standard InChI is InChI=1S/C29H22BrClN2O3/c1-18-10-11-23(31)14-26(18)33-29(34)22(16-32)12-21-13-27(35-2)28(15-25(21)30)36-17-20-8-5-7-19-6-3-4-9-24(19)20/h3-15H,17H2,1-2H3,(H,33,34)/b22-12+. The normalized spacial score (nSPS) is 11.1. The monoisotopic (exact) mass is 560 g/mol. The Balaban J connectivity index is 1.58. The zero-order chi connectivity index (χ0) is 25.7. The molecule has 180 valence electrons. The van der Waals surface area contributed by atoms with Gasteiger partial charge in [0.05, 0.1) is 7.11 Å². The molecule has 0 aliphatic rings. The van der Waals surface area contributed by atoms with Crippen molar-refractivity contribution in [2.45, 2.75) is 13.5 Å². The number of nitriles is 1. The molecule has 0 atom stereocenters. The quantitative estimate of drug-likeness (QED) is 0.185. The zero-order valence-corrected chi connectivity index (χ0v) is 22.0. The molecule has 0 heterocycles. The molecule has 4 rings (SSSR count). The second kappa shape index (κ2) is 11.3. The van der Waals surface area contributed by atoms with Crippen LogP contribution < -0.4 is 14.8 Å². The number of halogens is 2. The number of hydrogen-bond acceptors (Lipinski definition) is 4. The van der Waals surface area contributed by atoms with Gasteiger partial charge in [0, 0.05) is 15.2 Å². The summed E-state index contributed by atoms with van der Waals surface area (Å²) in [5, 5.41) is 15.2. The maximum atomic E-state index is 12.8. The highest BCUT2D eigenvalue weighted by atomic mass is 79.9. The highest BCUT2D eigenvalue weighted by Crippen LogP contribution is 2.35. The largest absolute Gasteiger partial charge is 0.493 e. The lowest BCUT2D eigenvalue weighted by Gasteiger charge is -2.14. The molecule has 0 saturated carbocycles. The lowest BCUT2D eigenvalue weighted by atomic mass is 10.1. The number of methoxy groups -OCH3 is 1. The summed E-state index contributed by atoms with van der Waals surface area (Å²) >= 11 is 9.58. The molecule has 36 heavy (non-hydrogen) atoms. The van der Waals surface area contributed by atoms with Crippen molar-refractivity contribution in [1.29, 1.82) is 5.26 Å². The Morgan fingerprint density at radius 1 is 1.08 bits per heavy atom. The van der Waals surface area contributed by atoms with Crippen LogP contribution in [-0.4, -0.2) is 13.0 Å². The van der Waals surface area contributed by atoms with Gasteiger partial charge in [-0.3, -0.25) is 4.79 Å². The molecular formula is C29H22BrClN2O3. The molecule has 0 bridgehead atoms. The third-order valence-electron chi connectivity index (χ3n) is 5.66. The van der Waals surface area contributed by atoms with Gasteiger partial charge in [0.25, 0.3) is 5.91 Å². The summed E-state index contributed by atoms with van der Waals surface area (Å²) in [5.41, 5.74) is 2.96. The molecule has 5 nitrogen and oxygen atoms in total. The van der Waals surface area contributed by atoms with Crippen molar-refractivity contribution in [2.75, 3.05) is 12.4 Å². The van der Waals surface area contributed by atoms with E-state index in [2.05, 4.69) is 39.4 Å². The van der Waals surface area contributed by atoms with Crippen molar-refractivity contribution in [3.8, 4) is 17.6 Å². The summed E-state index contributed by atoms with van der Waals surface area (Å²) in [5.74, 6) is 0.477. The summed E-state index contributed by atoms with van der Waals surface area (Å²) in [6.45, 7) is 2.20. The molecule has 4 aromatic rings. The van der Waals surface area contributed by atoms with E-state index in [0.717, 1.165) is 21.9 Å². The number of nitrogens with one attached hydrogen (secondary N) is 1. The van der Waals surface area contributed by atoms with Gasteiger partial charge in [-0.2, -0.15) is 5.26 Å². The second-order valence-corrected chi connectivity index (χ2v) is 9.33. The Hall–Kier alpha value is -3.79. The third-order valence-corrected chi connectivity index (χ3v) is 6.58. The van der Waals surface area contributed by atoms with E-state index < -0.39 is 5.91 Å². The highest BCUT2D eigenvalue weighted by Gasteiger charge is 2.15. The van der Waals surface area contributed by atoms with Crippen molar-refractivity contribution in [3.63, 3.8) is 0 Å². The first-order chi connectivity index (χ1) is 17.4. The number of rotatable bonds is 7. The van der Waals surface area contributed by atoms with Gasteiger partial charge in [-0.05, 0) is 64.7 Å². The van der Waals surface area contributed by atoms with E-state index in [1.807, 2.05) is 37.3 Å². The van der Waals surface area contributed by atoms with Crippen LogP contribution >= 0.6 is 27.5 Å². The van der Waals surface area contributed by atoms with Crippen LogP contribution in [0.2, 0.25) is 5.02 Å². The van der Waals surface area contributed by atoms with Crippen LogP contribution in [0.3, 0.4) is 0 Å². The molecule has 0 unspecified atom stereocenters. The number of fused-ring (bicyclic) bond motifs is 1. The molecule has 0 spiro atoms. The molecule has 0 aliphatic heterocycles. The van der Waals surface area contributed by atoms with Gasteiger partial charge in [0.15, 0.2) is 11.5 Å². The number of hydrogen-bond donors (Lipinski definition) is 1. The number of carbonyl (C=O) groups is 1. The van der Waals surface area contributed by atoms with E-state index in [4.69, 9.17) is 21.1 Å². The number of carbonyl (C=O) groups excluding carboxylic acids is 1. The SMILES string of the molecule is COc1cc(/C=C(\C#N)C(=O)Nc2cc(Cl)ccc2C)c(Br)cc1OCc1cccc2ccccc12. The van der Waals surface area contributed by atoms with E-state index in [1.54, 1.807) is 37.4 Å². The van der Waals surface area contributed by atoms with E-state index in [0.29, 0.717) is 38.9 Å². The molecule has 0 saturated heterocycles. The lowest BCUT2D eigenvalue weighted by Crippen LogP contribution is -2.14. The van der Waals surface area contributed by atoms with Crippen LogP contribution in [0, 0.1) is 18.3 Å². The van der Waals surface area contributed by atoms with E-state index in [1.165, 1.54) is 6.08 Å². The topological polar surface area (TPSA) is 71.3 Å². The lowest BCUT2D eigenvalue weighted by molar-refractivity contribution is -0.112. The Bertz CT molecular complexity index is 1520. The number of ether oxygens (including phenoxy) is 2. The number of benzene rings is 4. The minimum absolute atomic E-state index is 0.0680. The van der Waals surface area contributed by atoms with Crippen LogP contribution in [0.5, 0.6) is 11.5 Å². The Kier molecular flexibility index (Phi) is 7.94. The van der Waals surface area contributed by atoms with Gasteiger partial charge < -0.3 is 14.8 Å².